The summed E-state index contributed by atoms with van der Waals surface area (Å²) in [7, 11) is 1.41. The minimum atomic E-state index is -0.960. The third kappa shape index (κ3) is 7.81. The Balaban J connectivity index is 1.45. The van der Waals surface area contributed by atoms with Gasteiger partial charge in [-0.2, -0.15) is 0 Å². The van der Waals surface area contributed by atoms with Crippen molar-refractivity contribution in [2.24, 2.45) is 0 Å². The quantitative estimate of drug-likeness (QED) is 0.299. The summed E-state index contributed by atoms with van der Waals surface area (Å²) in [5, 5.41) is 9.22. The zero-order valence-corrected chi connectivity index (χ0v) is 19.7. The molecule has 0 fully saturated rings. The van der Waals surface area contributed by atoms with Crippen LogP contribution in [0.2, 0.25) is 0 Å². The number of carbonyl (C=O) groups is 1. The van der Waals surface area contributed by atoms with E-state index in [0.717, 1.165) is 53.4 Å². The predicted octanol–water partition coefficient (Wildman–Crippen LogP) is 5.92. The van der Waals surface area contributed by atoms with Crippen LogP contribution in [0.25, 0.3) is 0 Å². The molecule has 0 saturated carbocycles. The summed E-state index contributed by atoms with van der Waals surface area (Å²) < 4.78 is 22.7. The third-order valence-electron chi connectivity index (χ3n) is 5.24. The number of hydrogen-bond acceptors (Lipinski definition) is 5. The lowest BCUT2D eigenvalue weighted by Crippen LogP contribution is -2.24. The maximum atomic E-state index is 11.2. The van der Waals surface area contributed by atoms with Gasteiger partial charge < -0.3 is 24.1 Å². The van der Waals surface area contributed by atoms with E-state index in [1.54, 1.807) is 0 Å². The Morgan fingerprint density at radius 2 is 1.56 bits per heavy atom. The first kappa shape index (κ1) is 25.1. The van der Waals surface area contributed by atoms with Gasteiger partial charge in [0.2, 0.25) is 0 Å². The van der Waals surface area contributed by atoms with Crippen molar-refractivity contribution < 1.29 is 28.8 Å². The van der Waals surface area contributed by atoms with Crippen molar-refractivity contribution in [2.45, 2.75) is 38.7 Å². The second-order valence-electron chi connectivity index (χ2n) is 7.90. The van der Waals surface area contributed by atoms with Gasteiger partial charge in [0.1, 0.15) is 23.0 Å². The average Bonchev–Trinajstić information content (AvgIpc) is 2.85. The van der Waals surface area contributed by atoms with E-state index in [-0.39, 0.29) is 0 Å². The molecule has 0 unspecified atom stereocenters. The molecule has 0 aromatic heterocycles. The molecule has 0 radical (unpaired) electrons. The number of methoxy groups -OCH3 is 1. The largest absolute Gasteiger partial charge is 0.493 e. The Hall–Kier alpha value is -3.51. The summed E-state index contributed by atoms with van der Waals surface area (Å²) in [5.41, 5.74) is 2.00. The van der Waals surface area contributed by atoms with Crippen LogP contribution in [-0.4, -0.2) is 37.5 Å². The van der Waals surface area contributed by atoms with Crippen LogP contribution >= 0.6 is 0 Å². The number of carboxylic acids is 1. The topological polar surface area (TPSA) is 74.2 Å². The monoisotopic (exact) mass is 464 g/mol. The number of hydrogen-bond donors (Lipinski definition) is 1. The highest BCUT2D eigenvalue weighted by molar-refractivity contribution is 5.72. The second-order valence-corrected chi connectivity index (χ2v) is 7.90. The van der Waals surface area contributed by atoms with Crippen LogP contribution in [0.4, 0.5) is 0 Å². The molecule has 0 heterocycles. The number of rotatable bonds is 14. The lowest BCUT2D eigenvalue weighted by Gasteiger charge is -2.15. The summed E-state index contributed by atoms with van der Waals surface area (Å²) in [6.07, 6.45) is 2.05. The van der Waals surface area contributed by atoms with Gasteiger partial charge in [-0.3, -0.25) is 0 Å². The number of para-hydroxylation sites is 1. The van der Waals surface area contributed by atoms with Crippen molar-refractivity contribution >= 4 is 5.97 Å². The molecule has 0 aliphatic heterocycles. The third-order valence-corrected chi connectivity index (χ3v) is 5.24. The smallest absolute Gasteiger partial charge is 0.333 e. The highest BCUT2D eigenvalue weighted by Gasteiger charge is 2.17. The van der Waals surface area contributed by atoms with E-state index >= 15 is 0 Å². The molecule has 0 bridgehead atoms. The summed E-state index contributed by atoms with van der Waals surface area (Å²) in [6, 6.07) is 23.0. The second kappa shape index (κ2) is 13.3. The number of aryl methyl sites for hydroxylation is 1. The van der Waals surface area contributed by atoms with Crippen molar-refractivity contribution in [3.8, 4) is 23.0 Å². The van der Waals surface area contributed by atoms with Gasteiger partial charge in [0, 0.05) is 20.0 Å². The minimum Gasteiger partial charge on any atom is -0.493 e. The van der Waals surface area contributed by atoms with E-state index in [4.69, 9.17) is 18.9 Å². The molecule has 0 amide bonds. The molecule has 1 atom stereocenters. The van der Waals surface area contributed by atoms with Gasteiger partial charge in [0.05, 0.1) is 13.2 Å². The highest BCUT2D eigenvalue weighted by Crippen LogP contribution is 2.25. The van der Waals surface area contributed by atoms with Crippen LogP contribution in [-0.2, 0) is 22.4 Å². The lowest BCUT2D eigenvalue weighted by atomic mass is 10.0. The van der Waals surface area contributed by atoms with Crippen molar-refractivity contribution in [3.05, 3.63) is 83.9 Å². The highest BCUT2D eigenvalue weighted by atomic mass is 16.5. The van der Waals surface area contributed by atoms with Crippen molar-refractivity contribution in [3.63, 3.8) is 0 Å². The molecule has 0 aliphatic rings. The fraction of sp³-hybridized carbons (Fsp3) is 0.321. The van der Waals surface area contributed by atoms with E-state index in [1.165, 1.54) is 7.11 Å². The molecular weight excluding hydrogens is 432 g/mol. The van der Waals surface area contributed by atoms with Crippen LogP contribution in [0, 0.1) is 0 Å². The maximum absolute atomic E-state index is 11.2. The standard InChI is InChI=1S/C28H32O6/c1-3-8-22-19-21(20-27(31-2)28(29)30)11-16-26(22)33-18-7-17-32-23-12-14-25(15-13-23)34-24-9-5-4-6-10-24/h4-6,9-16,19,27H,3,7-8,17-18,20H2,1-2H3,(H,29,30)/t27-/m0/s1. The lowest BCUT2D eigenvalue weighted by molar-refractivity contribution is -0.148. The van der Waals surface area contributed by atoms with Crippen LogP contribution in [0.5, 0.6) is 23.0 Å². The van der Waals surface area contributed by atoms with Crippen LogP contribution < -0.4 is 14.2 Å². The maximum Gasteiger partial charge on any atom is 0.333 e. The Morgan fingerprint density at radius 1 is 0.882 bits per heavy atom. The molecule has 180 valence electrons. The summed E-state index contributed by atoms with van der Waals surface area (Å²) in [5.74, 6) is 2.20. The fourth-order valence-corrected chi connectivity index (χ4v) is 3.51. The van der Waals surface area contributed by atoms with Gasteiger partial charge in [-0.25, -0.2) is 4.79 Å². The average molecular weight is 465 g/mol. The normalized spacial score (nSPS) is 11.6. The first-order chi connectivity index (χ1) is 16.6. The summed E-state index contributed by atoms with van der Waals surface area (Å²) in [6.45, 7) is 3.17. The molecule has 3 aromatic rings. The van der Waals surface area contributed by atoms with Gasteiger partial charge in [-0.05, 0) is 60.0 Å². The van der Waals surface area contributed by atoms with Crippen LogP contribution in [0.3, 0.4) is 0 Å². The molecule has 6 heteroatoms. The van der Waals surface area contributed by atoms with Gasteiger partial charge >= 0.3 is 5.97 Å². The first-order valence-corrected chi connectivity index (χ1v) is 11.5. The molecule has 3 rings (SSSR count). The number of benzene rings is 3. The van der Waals surface area contributed by atoms with E-state index in [9.17, 15) is 9.90 Å². The molecular formula is C28H32O6. The fourth-order valence-electron chi connectivity index (χ4n) is 3.51. The molecule has 6 nitrogen and oxygen atoms in total. The van der Waals surface area contributed by atoms with Crippen LogP contribution in [0.1, 0.15) is 30.9 Å². The SMILES string of the molecule is CCCc1cc(C[C@H](OC)C(=O)O)ccc1OCCCOc1ccc(Oc2ccccc2)cc1. The first-order valence-electron chi connectivity index (χ1n) is 11.5. The molecule has 0 spiro atoms. The predicted molar refractivity (Wildman–Crippen MR) is 131 cm³/mol. The Kier molecular flexibility index (Phi) is 9.80. The van der Waals surface area contributed by atoms with Gasteiger partial charge in [0.25, 0.3) is 0 Å². The molecule has 0 saturated heterocycles. The molecule has 3 aromatic carbocycles. The number of aliphatic carboxylic acids is 1. The van der Waals surface area contributed by atoms with Crippen LogP contribution in [0.15, 0.2) is 72.8 Å². The van der Waals surface area contributed by atoms with Crippen molar-refractivity contribution in [2.75, 3.05) is 20.3 Å². The Labute approximate surface area is 201 Å². The zero-order valence-electron chi connectivity index (χ0n) is 19.7. The van der Waals surface area contributed by atoms with E-state index in [1.807, 2.05) is 72.8 Å². The zero-order chi connectivity index (χ0) is 24.2. The van der Waals surface area contributed by atoms with Crippen molar-refractivity contribution in [1.82, 2.24) is 0 Å². The summed E-state index contributed by atoms with van der Waals surface area (Å²) in [4.78, 5) is 11.2. The van der Waals surface area contributed by atoms with E-state index in [2.05, 4.69) is 6.92 Å². The van der Waals surface area contributed by atoms with E-state index in [0.29, 0.717) is 19.6 Å². The number of ether oxygens (including phenoxy) is 4. The van der Waals surface area contributed by atoms with E-state index < -0.39 is 12.1 Å². The molecule has 0 aliphatic carbocycles. The van der Waals surface area contributed by atoms with Crippen molar-refractivity contribution in [1.29, 1.82) is 0 Å². The van der Waals surface area contributed by atoms with Gasteiger partial charge in [-0.15, -0.1) is 0 Å². The number of carboxylic acid groups (broad SMARTS) is 1. The van der Waals surface area contributed by atoms with Gasteiger partial charge in [-0.1, -0.05) is 43.7 Å². The van der Waals surface area contributed by atoms with Gasteiger partial charge in [0.15, 0.2) is 6.10 Å². The minimum absolute atomic E-state index is 0.325. The Morgan fingerprint density at radius 3 is 2.24 bits per heavy atom. The Bertz CT molecular complexity index is 1020. The summed E-state index contributed by atoms with van der Waals surface area (Å²) >= 11 is 0. The molecule has 34 heavy (non-hydrogen) atoms. The molecule has 1 N–H and O–H groups in total.